The third-order valence-corrected chi connectivity index (χ3v) is 7.52. The molecule has 3 aliphatic rings. The van der Waals surface area contributed by atoms with Gasteiger partial charge in [-0.3, -0.25) is 4.68 Å². The molecule has 6 atom stereocenters. The van der Waals surface area contributed by atoms with E-state index in [1.54, 1.807) is 4.68 Å². The standard InChI is InChI=1S/C24H34N4O7/c1-3-9-28-10-8-12(11-28)16-15-13-6-4-5-7-14(13)22(25-21(15)27(2)26-16)35-24-19(31)17(29)18(30)20(34-24)23(32)33/h12,17-20,24,29-31H,3-11H2,1-2H3,(H,32,33)/t12?,17-,18-,19+,20-,24-/m0/s1. The van der Waals surface area contributed by atoms with Crippen molar-refractivity contribution in [3.05, 3.63) is 16.8 Å². The summed E-state index contributed by atoms with van der Waals surface area (Å²) in [7, 11) is 1.85. The molecule has 11 heteroatoms. The third-order valence-electron chi connectivity index (χ3n) is 7.52. The lowest BCUT2D eigenvalue weighted by Crippen LogP contribution is -2.61. The van der Waals surface area contributed by atoms with Crippen LogP contribution >= 0.6 is 0 Å². The smallest absolute Gasteiger partial charge is 0.335 e. The van der Waals surface area contributed by atoms with E-state index in [9.17, 15) is 25.2 Å². The molecule has 0 amide bonds. The summed E-state index contributed by atoms with van der Waals surface area (Å²) in [6.07, 6.45) is -2.63. The Bertz CT molecular complexity index is 1110. The van der Waals surface area contributed by atoms with Crippen molar-refractivity contribution in [1.82, 2.24) is 19.7 Å². The number of hydrogen-bond donors (Lipinski definition) is 4. The lowest BCUT2D eigenvalue weighted by Gasteiger charge is -2.38. The number of pyridine rings is 1. The van der Waals surface area contributed by atoms with E-state index in [-0.39, 0.29) is 5.88 Å². The first-order valence-corrected chi connectivity index (χ1v) is 12.5. The van der Waals surface area contributed by atoms with Gasteiger partial charge in [0.15, 0.2) is 11.8 Å². The van der Waals surface area contributed by atoms with E-state index in [2.05, 4.69) is 11.8 Å². The van der Waals surface area contributed by atoms with Crippen LogP contribution in [-0.4, -0.2) is 96.4 Å². The summed E-state index contributed by atoms with van der Waals surface area (Å²) < 4.78 is 13.1. The van der Waals surface area contributed by atoms with Crippen LogP contribution in [0.1, 0.15) is 55.3 Å². The van der Waals surface area contributed by atoms with Crippen LogP contribution in [0.3, 0.4) is 0 Å². The van der Waals surface area contributed by atoms with Crippen LogP contribution < -0.4 is 4.74 Å². The Hall–Kier alpha value is -2.31. The molecule has 0 radical (unpaired) electrons. The molecule has 2 fully saturated rings. The predicted molar refractivity (Wildman–Crippen MR) is 124 cm³/mol. The molecule has 11 nitrogen and oxygen atoms in total. The van der Waals surface area contributed by atoms with Gasteiger partial charge >= 0.3 is 5.97 Å². The van der Waals surface area contributed by atoms with Crippen molar-refractivity contribution in [2.24, 2.45) is 7.05 Å². The fourth-order valence-electron chi connectivity index (χ4n) is 5.75. The zero-order valence-corrected chi connectivity index (χ0v) is 20.1. The van der Waals surface area contributed by atoms with Gasteiger partial charge in [0.05, 0.1) is 5.69 Å². The number of rotatable bonds is 6. The van der Waals surface area contributed by atoms with E-state index in [1.807, 2.05) is 7.05 Å². The lowest BCUT2D eigenvalue weighted by molar-refractivity contribution is -0.271. The van der Waals surface area contributed by atoms with Gasteiger partial charge in [-0.25, -0.2) is 4.79 Å². The minimum atomic E-state index is -1.77. The van der Waals surface area contributed by atoms with Gasteiger partial charge in [0.2, 0.25) is 12.2 Å². The second-order valence-corrected chi connectivity index (χ2v) is 9.93. The molecule has 1 aliphatic carbocycles. The number of carboxylic acids is 1. The quantitative estimate of drug-likeness (QED) is 0.446. The topological polar surface area (TPSA) is 150 Å². The van der Waals surface area contributed by atoms with Gasteiger partial charge in [0.1, 0.15) is 18.3 Å². The Balaban J connectivity index is 1.52. The van der Waals surface area contributed by atoms with Gasteiger partial charge in [-0.05, 0) is 57.2 Å². The maximum Gasteiger partial charge on any atom is 0.335 e. The largest absolute Gasteiger partial charge is 0.479 e. The van der Waals surface area contributed by atoms with E-state index in [0.29, 0.717) is 11.6 Å². The summed E-state index contributed by atoms with van der Waals surface area (Å²) in [4.78, 5) is 18.7. The number of likely N-dealkylation sites (tertiary alicyclic amines) is 1. The molecule has 2 aromatic heterocycles. The molecule has 0 saturated carbocycles. The summed E-state index contributed by atoms with van der Waals surface area (Å²) >= 11 is 0. The van der Waals surface area contributed by atoms with Crippen LogP contribution in [0.5, 0.6) is 5.88 Å². The van der Waals surface area contributed by atoms with Crippen LogP contribution in [0, 0.1) is 0 Å². The molecule has 0 spiro atoms. The third kappa shape index (κ3) is 4.29. The van der Waals surface area contributed by atoms with E-state index in [1.165, 1.54) is 0 Å². The first-order chi connectivity index (χ1) is 16.8. The highest BCUT2D eigenvalue weighted by molar-refractivity contribution is 5.85. The summed E-state index contributed by atoms with van der Waals surface area (Å²) in [5.41, 5.74) is 3.78. The number of aliphatic hydroxyl groups is 3. The summed E-state index contributed by atoms with van der Waals surface area (Å²) in [6, 6.07) is 0. The lowest BCUT2D eigenvalue weighted by atomic mass is 9.88. The molecule has 5 rings (SSSR count). The molecular weight excluding hydrogens is 456 g/mol. The molecule has 0 aromatic carbocycles. The van der Waals surface area contributed by atoms with Crippen molar-refractivity contribution in [3.8, 4) is 5.88 Å². The Kier molecular flexibility index (Phi) is 6.71. The number of aliphatic hydroxyl groups excluding tert-OH is 3. The van der Waals surface area contributed by atoms with E-state index < -0.39 is 36.7 Å². The Morgan fingerprint density at radius 3 is 2.60 bits per heavy atom. The van der Waals surface area contributed by atoms with E-state index in [4.69, 9.17) is 19.6 Å². The Labute approximate surface area is 203 Å². The number of aliphatic carboxylic acids is 1. The number of aryl methyl sites for hydroxylation is 2. The summed E-state index contributed by atoms with van der Waals surface area (Å²) in [5, 5.41) is 45.9. The average molecular weight is 491 g/mol. The number of fused-ring (bicyclic) bond motifs is 3. The van der Waals surface area contributed by atoms with Gasteiger partial charge in [-0.1, -0.05) is 6.92 Å². The van der Waals surface area contributed by atoms with Crippen LogP contribution in [-0.2, 0) is 29.4 Å². The minimum Gasteiger partial charge on any atom is -0.479 e. The SMILES string of the molecule is CCCN1CCC(c2nn(C)c3nc(O[C@@H]4O[C@H](C(=O)O)[C@@H](O)[C@H](O)[C@H]4O)c4c(c23)CCCC4)C1. The molecule has 4 N–H and O–H groups in total. The summed E-state index contributed by atoms with van der Waals surface area (Å²) in [6.45, 7) is 5.31. The molecule has 35 heavy (non-hydrogen) atoms. The van der Waals surface area contributed by atoms with Crippen molar-refractivity contribution >= 4 is 17.0 Å². The van der Waals surface area contributed by atoms with Gasteiger partial charge in [-0.2, -0.15) is 10.1 Å². The van der Waals surface area contributed by atoms with Crippen LogP contribution in [0.25, 0.3) is 11.0 Å². The van der Waals surface area contributed by atoms with Gasteiger partial charge in [-0.15, -0.1) is 0 Å². The highest BCUT2D eigenvalue weighted by Gasteiger charge is 2.48. The number of nitrogens with zero attached hydrogens (tertiary/aromatic N) is 4. The first-order valence-electron chi connectivity index (χ1n) is 12.5. The minimum absolute atomic E-state index is 0.248. The fourth-order valence-corrected chi connectivity index (χ4v) is 5.75. The zero-order chi connectivity index (χ0) is 24.9. The maximum atomic E-state index is 11.5. The first kappa shape index (κ1) is 24.4. The summed E-state index contributed by atoms with van der Waals surface area (Å²) in [5.74, 6) is -0.869. The Morgan fingerprint density at radius 1 is 1.14 bits per heavy atom. The normalized spacial score (nSPS) is 31.6. The van der Waals surface area contributed by atoms with Crippen molar-refractivity contribution in [2.75, 3.05) is 19.6 Å². The highest BCUT2D eigenvalue weighted by atomic mass is 16.7. The van der Waals surface area contributed by atoms with Crippen molar-refractivity contribution < 1.29 is 34.7 Å². The number of carboxylic acid groups (broad SMARTS) is 1. The molecule has 4 heterocycles. The molecule has 1 unspecified atom stereocenters. The van der Waals surface area contributed by atoms with Crippen molar-refractivity contribution in [2.45, 2.75) is 82.1 Å². The second kappa shape index (κ2) is 9.62. The van der Waals surface area contributed by atoms with Crippen molar-refractivity contribution in [1.29, 1.82) is 0 Å². The van der Waals surface area contributed by atoms with E-state index in [0.717, 1.165) is 80.4 Å². The average Bonchev–Trinajstić information content (AvgIpc) is 3.44. The maximum absolute atomic E-state index is 11.5. The zero-order valence-electron chi connectivity index (χ0n) is 20.1. The Morgan fingerprint density at radius 2 is 1.89 bits per heavy atom. The second-order valence-electron chi connectivity index (χ2n) is 9.93. The van der Waals surface area contributed by atoms with Crippen LogP contribution in [0.2, 0.25) is 0 Å². The van der Waals surface area contributed by atoms with Crippen LogP contribution in [0.15, 0.2) is 0 Å². The number of ether oxygens (including phenoxy) is 2. The highest BCUT2D eigenvalue weighted by Crippen LogP contribution is 2.40. The molecule has 0 bridgehead atoms. The molecule has 2 aliphatic heterocycles. The monoisotopic (exact) mass is 490 g/mol. The van der Waals surface area contributed by atoms with Crippen LogP contribution in [0.4, 0.5) is 0 Å². The van der Waals surface area contributed by atoms with E-state index >= 15 is 0 Å². The molecule has 2 saturated heterocycles. The predicted octanol–water partition coefficient (Wildman–Crippen LogP) is 0.317. The fraction of sp³-hybridized carbons (Fsp3) is 0.708. The van der Waals surface area contributed by atoms with Gasteiger partial charge in [0.25, 0.3) is 0 Å². The number of carbonyl (C=O) groups is 1. The number of aromatic nitrogens is 3. The molecule has 2 aromatic rings. The molecular formula is C24H34N4O7. The molecule has 192 valence electrons. The number of hydrogen-bond acceptors (Lipinski definition) is 9. The van der Waals surface area contributed by atoms with Gasteiger partial charge < -0.3 is 34.8 Å². The van der Waals surface area contributed by atoms with Crippen molar-refractivity contribution in [3.63, 3.8) is 0 Å². The van der Waals surface area contributed by atoms with Gasteiger partial charge in [0, 0.05) is 30.5 Å².